The molecule has 4 bridgehead atoms. The van der Waals surface area contributed by atoms with Gasteiger partial charge < -0.3 is 6.33 Å². The van der Waals surface area contributed by atoms with Crippen molar-refractivity contribution >= 4 is 29.2 Å². The van der Waals surface area contributed by atoms with Crippen LogP contribution in [0.5, 0.6) is 0 Å². The molecule has 20 heavy (non-hydrogen) atoms. The number of rotatable bonds is 1. The quantitative estimate of drug-likeness (QED) is 0.410. The second-order valence-electron chi connectivity index (χ2n) is 7.40. The molecule has 5 heteroatoms. The van der Waals surface area contributed by atoms with E-state index in [4.69, 9.17) is 12.2 Å². The Hall–Kier alpha value is 1.20. The van der Waals surface area contributed by atoms with Crippen LogP contribution in [0, 0.1) is 17.8 Å². The van der Waals surface area contributed by atoms with Gasteiger partial charge in [-0.15, -0.1) is 12.6 Å². The molecule has 0 amide bonds. The van der Waals surface area contributed by atoms with Gasteiger partial charge in [-0.05, 0) is 56.3 Å². The van der Waals surface area contributed by atoms with Crippen molar-refractivity contribution in [2.24, 2.45) is 17.8 Å². The molecule has 0 radical (unpaired) electrons. The molecule has 1 aliphatic heterocycles. The normalized spacial score (nSPS) is 43.5. The topological polar surface area (TPSA) is 6.48 Å². The fourth-order valence-electron chi connectivity index (χ4n) is 5.82. The van der Waals surface area contributed by atoms with Crippen molar-refractivity contribution in [3.63, 3.8) is 0 Å². The van der Waals surface area contributed by atoms with Gasteiger partial charge in [0.1, 0.15) is 4.32 Å². The summed E-state index contributed by atoms with van der Waals surface area (Å²) in [7, 11) is 0. The number of thiocarbonyl (C=S) groups is 1. The predicted molar refractivity (Wildman–Crippen MR) is 86.7 cm³/mol. The Morgan fingerprint density at radius 3 is 1.80 bits per heavy atom. The molecule has 1 heterocycles. The van der Waals surface area contributed by atoms with E-state index in [0.29, 0.717) is 5.54 Å². The summed E-state index contributed by atoms with van der Waals surface area (Å²) < 4.78 is 0.783. The fourth-order valence-corrected chi connectivity index (χ4v) is 6.21. The molecule has 108 valence electrons. The number of thiol groups is 1. The van der Waals surface area contributed by atoms with Gasteiger partial charge >= 0.3 is 29.6 Å². The Labute approximate surface area is 157 Å². The summed E-state index contributed by atoms with van der Waals surface area (Å²) in [5.74, 6) is 3.15. The van der Waals surface area contributed by atoms with Crippen LogP contribution in [-0.4, -0.2) is 45.8 Å². The monoisotopic (exact) mass is 320 g/mol. The van der Waals surface area contributed by atoms with Gasteiger partial charge in [-0.3, -0.25) is 4.90 Å². The van der Waals surface area contributed by atoms with Gasteiger partial charge in [0, 0.05) is 31.7 Å². The summed E-state index contributed by atoms with van der Waals surface area (Å²) in [6.07, 6.45) is 9.10. The molecular weight excluding hydrogens is 295 g/mol. The summed E-state index contributed by atoms with van der Waals surface area (Å²) in [5, 5.41) is 0. The van der Waals surface area contributed by atoms with Gasteiger partial charge in [-0.2, -0.15) is 0 Å². The van der Waals surface area contributed by atoms with Gasteiger partial charge in [0.05, 0.1) is 0 Å². The van der Waals surface area contributed by atoms with E-state index in [2.05, 4.69) is 22.4 Å². The van der Waals surface area contributed by atoms with Crippen molar-refractivity contribution < 1.29 is 31.0 Å². The van der Waals surface area contributed by atoms with Crippen molar-refractivity contribution in [2.75, 3.05) is 26.2 Å². The first-order chi connectivity index (χ1) is 9.14. The number of hydrogen-bond donors (Lipinski definition) is 1. The summed E-state index contributed by atoms with van der Waals surface area (Å²) in [6, 6.07) is 0. The van der Waals surface area contributed by atoms with Crippen LogP contribution in [-0.2, 0) is 0 Å². The zero-order chi connectivity index (χ0) is 13.0. The first kappa shape index (κ1) is 16.1. The molecule has 0 aromatic carbocycles. The molecule has 0 unspecified atom stereocenters. The van der Waals surface area contributed by atoms with E-state index in [9.17, 15) is 0 Å². The van der Waals surface area contributed by atoms with E-state index in [1.54, 1.807) is 19.3 Å². The van der Waals surface area contributed by atoms with Crippen LogP contribution in [0.15, 0.2) is 0 Å². The molecule has 2 nitrogen and oxygen atoms in total. The maximum atomic E-state index is 5.19. The molecule has 5 fully saturated rings. The molecular formula is C15H25N2NaS2. The van der Waals surface area contributed by atoms with Crippen molar-refractivity contribution in [1.29, 1.82) is 0 Å². The molecule has 1 saturated heterocycles. The van der Waals surface area contributed by atoms with Gasteiger partial charge in [0.25, 0.3) is 0 Å². The van der Waals surface area contributed by atoms with Gasteiger partial charge in [0.15, 0.2) is 0 Å². The predicted octanol–water partition coefficient (Wildman–Crippen LogP) is -0.0960. The van der Waals surface area contributed by atoms with Gasteiger partial charge in [-0.25, -0.2) is 0 Å². The van der Waals surface area contributed by atoms with E-state index in [-0.39, 0.29) is 31.0 Å². The second-order valence-corrected chi connectivity index (χ2v) is 8.51. The van der Waals surface area contributed by atoms with Crippen LogP contribution in [0.25, 0.3) is 0 Å². The van der Waals surface area contributed by atoms with E-state index >= 15 is 0 Å². The molecule has 5 aliphatic rings. The Kier molecular flexibility index (Phi) is 4.83. The maximum Gasteiger partial charge on any atom is 1.00 e. The zero-order valence-corrected chi connectivity index (χ0v) is 16.3. The van der Waals surface area contributed by atoms with Gasteiger partial charge in [0.2, 0.25) is 0 Å². The summed E-state index contributed by atoms with van der Waals surface area (Å²) in [6.45, 7) is 4.58. The van der Waals surface area contributed by atoms with Crippen LogP contribution in [0.4, 0.5) is 0 Å². The summed E-state index contributed by atoms with van der Waals surface area (Å²) in [5.41, 5.74) is 0.582. The molecule has 0 atom stereocenters. The van der Waals surface area contributed by atoms with Crippen molar-refractivity contribution in [3.8, 4) is 0 Å². The van der Waals surface area contributed by atoms with Crippen molar-refractivity contribution in [3.05, 3.63) is 0 Å². The third kappa shape index (κ3) is 2.74. The minimum atomic E-state index is 0. The van der Waals surface area contributed by atoms with Crippen LogP contribution in [0.2, 0.25) is 0 Å². The average molecular weight is 321 g/mol. The Balaban J connectivity index is 0.000000807. The van der Waals surface area contributed by atoms with Crippen LogP contribution in [0.3, 0.4) is 0 Å². The largest absolute Gasteiger partial charge is 1.00 e. The molecule has 4 saturated carbocycles. The van der Waals surface area contributed by atoms with Crippen LogP contribution >= 0.6 is 24.8 Å². The molecule has 0 aromatic rings. The van der Waals surface area contributed by atoms with E-state index in [0.717, 1.165) is 35.2 Å². The number of piperazine rings is 1. The third-order valence-electron chi connectivity index (χ3n) is 6.23. The zero-order valence-electron chi connectivity index (χ0n) is 13.6. The van der Waals surface area contributed by atoms with Crippen LogP contribution in [0.1, 0.15) is 40.0 Å². The Morgan fingerprint density at radius 2 is 1.40 bits per heavy atom. The molecule has 0 aromatic heterocycles. The SMILES string of the molecule is S=C(S)N1CCN(C23CC4CC(CC(C4)C2)C3)CC1.[H-].[Na+]. The van der Waals surface area contributed by atoms with E-state index in [1.807, 2.05) is 0 Å². The maximum absolute atomic E-state index is 5.19. The van der Waals surface area contributed by atoms with Gasteiger partial charge in [-0.1, -0.05) is 12.2 Å². The van der Waals surface area contributed by atoms with E-state index < -0.39 is 0 Å². The second kappa shape index (κ2) is 6.01. The molecule has 0 spiro atoms. The van der Waals surface area contributed by atoms with E-state index in [1.165, 1.54) is 32.4 Å². The summed E-state index contributed by atoms with van der Waals surface area (Å²) in [4.78, 5) is 5.09. The first-order valence-electron chi connectivity index (χ1n) is 7.87. The standard InChI is InChI=1S/C15H24N2S2.Na.H/c18-14(19)16-1-3-17(4-2-16)15-8-11-5-12(9-15)7-13(6-11)10-15;;/h11-13H,1-10H2,(H,18,19);;/q;+1;-1. The first-order valence-corrected chi connectivity index (χ1v) is 8.73. The smallest absolute Gasteiger partial charge is 1.00 e. The molecule has 5 rings (SSSR count). The van der Waals surface area contributed by atoms with Crippen LogP contribution < -0.4 is 29.6 Å². The Bertz CT molecular complexity index is 364. The fraction of sp³-hybridized carbons (Fsp3) is 0.933. The number of nitrogens with zero attached hydrogens (tertiary/aromatic N) is 2. The van der Waals surface area contributed by atoms with Crippen molar-refractivity contribution in [1.82, 2.24) is 9.80 Å². The van der Waals surface area contributed by atoms with Crippen molar-refractivity contribution in [2.45, 2.75) is 44.1 Å². The third-order valence-corrected chi connectivity index (χ3v) is 6.77. The molecule has 0 N–H and O–H groups in total. The number of hydrogen-bond acceptors (Lipinski definition) is 2. The average Bonchev–Trinajstić information content (AvgIpc) is 2.37. The minimum Gasteiger partial charge on any atom is -1.00 e. The minimum absolute atomic E-state index is 0. The summed E-state index contributed by atoms with van der Waals surface area (Å²) >= 11 is 9.52. The molecule has 4 aliphatic carbocycles. The Morgan fingerprint density at radius 1 is 0.950 bits per heavy atom.